The van der Waals surface area contributed by atoms with Crippen LogP contribution >= 0.6 is 0 Å². The lowest BCUT2D eigenvalue weighted by molar-refractivity contribution is 0.353. The molecule has 0 spiro atoms. The smallest absolute Gasteiger partial charge is 0.346 e. The van der Waals surface area contributed by atoms with Gasteiger partial charge in [-0.1, -0.05) is 13.3 Å². The van der Waals surface area contributed by atoms with E-state index in [2.05, 4.69) is 5.32 Å². The molecule has 3 N–H and O–H groups in total. The third-order valence-corrected chi connectivity index (χ3v) is 3.33. The van der Waals surface area contributed by atoms with E-state index in [4.69, 9.17) is 9.59 Å². The van der Waals surface area contributed by atoms with Crippen LogP contribution in [0.25, 0.3) is 0 Å². The van der Waals surface area contributed by atoms with Crippen LogP contribution < -0.4 is 5.32 Å². The second kappa shape index (κ2) is 4.00. The van der Waals surface area contributed by atoms with Crippen LogP contribution in [-0.4, -0.2) is 31.4 Å². The monoisotopic (exact) mass is 149 g/mol. The van der Waals surface area contributed by atoms with Crippen LogP contribution in [0.2, 0.25) is 6.04 Å². The van der Waals surface area contributed by atoms with Crippen molar-refractivity contribution in [2.24, 2.45) is 0 Å². The van der Waals surface area contributed by atoms with Gasteiger partial charge < -0.3 is 14.9 Å². The van der Waals surface area contributed by atoms with Gasteiger partial charge in [0.25, 0.3) is 0 Å². The van der Waals surface area contributed by atoms with E-state index < -0.39 is 8.56 Å². The third-order valence-electron chi connectivity index (χ3n) is 1.11. The number of hydrogen-bond acceptors (Lipinski definition) is 3. The fraction of sp³-hybridized carbons (Fsp3) is 1.00. The van der Waals surface area contributed by atoms with Crippen LogP contribution in [0.1, 0.15) is 13.3 Å². The minimum Gasteiger partial charge on any atom is -0.410 e. The average Bonchev–Trinajstić information content (AvgIpc) is 1.64. The third kappa shape index (κ3) is 4.59. The minimum atomic E-state index is -2.81. The molecule has 0 amide bonds. The Bertz CT molecular complexity index is 69.4. The van der Waals surface area contributed by atoms with E-state index in [0.717, 1.165) is 6.42 Å². The van der Waals surface area contributed by atoms with Crippen molar-refractivity contribution in [2.45, 2.75) is 19.4 Å². The minimum absolute atomic E-state index is 0.376. The Morgan fingerprint density at radius 2 is 2.00 bits per heavy atom. The summed E-state index contributed by atoms with van der Waals surface area (Å²) < 4.78 is 0. The lowest BCUT2D eigenvalue weighted by Crippen LogP contribution is -2.44. The normalized spacial score (nSPS) is 12.0. The Balaban J connectivity index is 3.43. The molecular weight excluding hydrogens is 134 g/mol. The van der Waals surface area contributed by atoms with Gasteiger partial charge in [0, 0.05) is 6.17 Å². The first-order chi connectivity index (χ1) is 4.12. The second-order valence-corrected chi connectivity index (χ2v) is 5.08. The molecule has 0 aromatic heterocycles. The zero-order valence-electron chi connectivity index (χ0n) is 6.02. The Labute approximate surface area is 57.0 Å². The molecule has 4 heteroatoms. The zero-order valence-corrected chi connectivity index (χ0v) is 7.02. The molecule has 0 saturated heterocycles. The van der Waals surface area contributed by atoms with Gasteiger partial charge in [0.2, 0.25) is 0 Å². The van der Waals surface area contributed by atoms with Gasteiger partial charge in [0.15, 0.2) is 0 Å². The highest BCUT2D eigenvalue weighted by Gasteiger charge is 2.25. The van der Waals surface area contributed by atoms with Crippen molar-refractivity contribution in [3.8, 4) is 0 Å². The molecule has 0 saturated carbocycles. The van der Waals surface area contributed by atoms with Crippen molar-refractivity contribution in [3.63, 3.8) is 0 Å². The average molecular weight is 149 g/mol. The predicted molar refractivity (Wildman–Crippen MR) is 39.2 cm³/mol. The molecule has 0 heterocycles. The Morgan fingerprint density at radius 1 is 1.44 bits per heavy atom. The molecule has 0 rings (SSSR count). The Morgan fingerprint density at radius 3 is 2.33 bits per heavy atom. The summed E-state index contributed by atoms with van der Waals surface area (Å²) in [4.78, 5) is 18.3. The maximum Gasteiger partial charge on any atom is 0.346 e. The van der Waals surface area contributed by atoms with Crippen molar-refractivity contribution in [1.82, 2.24) is 5.32 Å². The van der Waals surface area contributed by atoms with Gasteiger partial charge in [-0.05, 0) is 13.1 Å². The van der Waals surface area contributed by atoms with Crippen LogP contribution in [0.4, 0.5) is 0 Å². The van der Waals surface area contributed by atoms with Crippen molar-refractivity contribution in [2.75, 3.05) is 13.2 Å². The zero-order chi connectivity index (χ0) is 7.33. The summed E-state index contributed by atoms with van der Waals surface area (Å²) in [5.74, 6) is 0. The molecule has 0 aromatic rings. The number of rotatable bonds is 4. The molecule has 0 fully saturated rings. The molecule has 0 aliphatic rings. The van der Waals surface area contributed by atoms with E-state index in [0.29, 0.717) is 12.2 Å². The van der Waals surface area contributed by atoms with Crippen LogP contribution in [0.3, 0.4) is 0 Å². The van der Waals surface area contributed by atoms with Gasteiger partial charge in [-0.25, -0.2) is 0 Å². The summed E-state index contributed by atoms with van der Waals surface area (Å²) >= 11 is 0. The molecule has 9 heavy (non-hydrogen) atoms. The molecule has 0 atom stereocenters. The molecular formula is C5H15NO2Si. The highest BCUT2D eigenvalue weighted by molar-refractivity contribution is 6.64. The maximum atomic E-state index is 9.15. The summed E-state index contributed by atoms with van der Waals surface area (Å²) in [6.45, 7) is 1.95. The van der Waals surface area contributed by atoms with Crippen molar-refractivity contribution >= 4 is 8.56 Å². The van der Waals surface area contributed by atoms with E-state index in [-0.39, 0.29) is 0 Å². The van der Waals surface area contributed by atoms with E-state index in [1.54, 1.807) is 7.05 Å². The van der Waals surface area contributed by atoms with E-state index in [1.165, 1.54) is 0 Å². The van der Waals surface area contributed by atoms with Crippen LogP contribution in [-0.2, 0) is 0 Å². The molecule has 0 radical (unpaired) electrons. The largest absolute Gasteiger partial charge is 0.410 e. The van der Waals surface area contributed by atoms with Crippen LogP contribution in [0, 0.1) is 0 Å². The first kappa shape index (κ1) is 9.10. The standard InChI is InChI=1S/C5H15NO2Si/c1-3-4-9(7,8)5-6-2/h6-8H,3-5H2,1-2H3. The quantitative estimate of drug-likeness (QED) is 0.476. The number of hydrogen-bond donors (Lipinski definition) is 3. The second-order valence-electron chi connectivity index (χ2n) is 2.26. The summed E-state index contributed by atoms with van der Waals surface area (Å²) in [6, 6.07) is 0.563. The maximum absolute atomic E-state index is 9.15. The molecule has 0 bridgehead atoms. The van der Waals surface area contributed by atoms with Gasteiger partial charge >= 0.3 is 8.56 Å². The summed E-state index contributed by atoms with van der Waals surface area (Å²) in [7, 11) is -1.09. The fourth-order valence-corrected chi connectivity index (χ4v) is 2.32. The molecule has 0 unspecified atom stereocenters. The molecule has 0 aromatic carbocycles. The molecule has 0 aliphatic carbocycles. The lowest BCUT2D eigenvalue weighted by atomic mass is 10.6. The van der Waals surface area contributed by atoms with Gasteiger partial charge in [-0.3, -0.25) is 0 Å². The fourth-order valence-electron chi connectivity index (χ4n) is 0.772. The van der Waals surface area contributed by atoms with Gasteiger partial charge in [0.05, 0.1) is 0 Å². The topological polar surface area (TPSA) is 52.5 Å². The molecule has 3 nitrogen and oxygen atoms in total. The Kier molecular flexibility index (Phi) is 4.04. The van der Waals surface area contributed by atoms with Gasteiger partial charge in [-0.2, -0.15) is 0 Å². The Hall–Kier alpha value is 0.0969. The SMILES string of the molecule is CCC[Si](O)(O)CNC. The van der Waals surface area contributed by atoms with Crippen LogP contribution in [0.15, 0.2) is 0 Å². The summed E-state index contributed by atoms with van der Waals surface area (Å²) in [5.41, 5.74) is 0. The highest BCUT2D eigenvalue weighted by atomic mass is 28.4. The first-order valence-corrected chi connectivity index (χ1v) is 5.52. The molecule has 0 aliphatic heterocycles. The summed E-state index contributed by atoms with van der Waals surface area (Å²) in [6.07, 6.45) is 1.22. The number of nitrogens with one attached hydrogen (secondary N) is 1. The van der Waals surface area contributed by atoms with Crippen LogP contribution in [0.5, 0.6) is 0 Å². The van der Waals surface area contributed by atoms with E-state index in [1.807, 2.05) is 6.92 Å². The van der Waals surface area contributed by atoms with Gasteiger partial charge in [-0.15, -0.1) is 0 Å². The highest BCUT2D eigenvalue weighted by Crippen LogP contribution is 2.01. The first-order valence-electron chi connectivity index (χ1n) is 3.21. The lowest BCUT2D eigenvalue weighted by Gasteiger charge is -2.15. The molecule has 56 valence electrons. The predicted octanol–water partition coefficient (Wildman–Crippen LogP) is -0.418. The van der Waals surface area contributed by atoms with Crippen molar-refractivity contribution in [3.05, 3.63) is 0 Å². The van der Waals surface area contributed by atoms with Crippen molar-refractivity contribution in [1.29, 1.82) is 0 Å². The van der Waals surface area contributed by atoms with Crippen molar-refractivity contribution < 1.29 is 9.59 Å². The summed E-state index contributed by atoms with van der Waals surface area (Å²) in [5, 5.41) is 2.75. The van der Waals surface area contributed by atoms with Gasteiger partial charge in [0.1, 0.15) is 0 Å². The van der Waals surface area contributed by atoms with E-state index >= 15 is 0 Å². The van der Waals surface area contributed by atoms with E-state index in [9.17, 15) is 0 Å².